The van der Waals surface area contributed by atoms with E-state index in [1.54, 1.807) is 36.4 Å². The minimum Gasteiger partial charge on any atom is -0.495 e. The molecule has 5 nitrogen and oxygen atoms in total. The van der Waals surface area contributed by atoms with E-state index in [1.807, 2.05) is 6.92 Å². The standard InChI is InChI=1S/C19H19ClN2O3/c1-11-8-16(17(25-2)10-15(11)20)22-19(24)13-4-3-5-14(9-13)21-18(23)12-6-7-12/h3-5,8-10,12H,6-7H2,1-2H3,(H,21,23)(H,22,24). The average molecular weight is 359 g/mol. The number of halogens is 1. The van der Waals surface area contributed by atoms with Crippen molar-refractivity contribution in [2.75, 3.05) is 17.7 Å². The van der Waals surface area contributed by atoms with Crippen LogP contribution in [-0.2, 0) is 4.79 Å². The summed E-state index contributed by atoms with van der Waals surface area (Å²) in [5, 5.41) is 6.24. The number of hydrogen-bond acceptors (Lipinski definition) is 3. The van der Waals surface area contributed by atoms with Crippen LogP contribution < -0.4 is 15.4 Å². The zero-order chi connectivity index (χ0) is 18.0. The fraction of sp³-hybridized carbons (Fsp3) is 0.263. The van der Waals surface area contributed by atoms with Gasteiger partial charge in [-0.15, -0.1) is 0 Å². The van der Waals surface area contributed by atoms with Gasteiger partial charge in [0, 0.05) is 28.3 Å². The van der Waals surface area contributed by atoms with Crippen molar-refractivity contribution < 1.29 is 14.3 Å². The molecule has 0 saturated heterocycles. The summed E-state index contributed by atoms with van der Waals surface area (Å²) in [7, 11) is 1.52. The van der Waals surface area contributed by atoms with Crippen molar-refractivity contribution in [2.45, 2.75) is 19.8 Å². The van der Waals surface area contributed by atoms with Crippen molar-refractivity contribution in [1.29, 1.82) is 0 Å². The lowest BCUT2D eigenvalue weighted by atomic mass is 10.1. The van der Waals surface area contributed by atoms with Gasteiger partial charge in [0.05, 0.1) is 12.8 Å². The largest absolute Gasteiger partial charge is 0.495 e. The summed E-state index contributed by atoms with van der Waals surface area (Å²) in [5.41, 5.74) is 2.44. The van der Waals surface area contributed by atoms with Crippen LogP contribution in [0.2, 0.25) is 5.02 Å². The van der Waals surface area contributed by atoms with E-state index >= 15 is 0 Å². The Morgan fingerprint density at radius 3 is 2.60 bits per heavy atom. The Balaban J connectivity index is 1.77. The van der Waals surface area contributed by atoms with E-state index in [4.69, 9.17) is 16.3 Å². The molecule has 130 valence electrons. The maximum absolute atomic E-state index is 12.6. The first kappa shape index (κ1) is 17.3. The molecule has 0 spiro atoms. The number of hydrogen-bond donors (Lipinski definition) is 2. The molecular weight excluding hydrogens is 340 g/mol. The number of anilines is 2. The molecule has 0 aromatic heterocycles. The first-order valence-corrected chi connectivity index (χ1v) is 8.42. The predicted molar refractivity (Wildman–Crippen MR) is 98.5 cm³/mol. The first-order chi connectivity index (χ1) is 12.0. The van der Waals surface area contributed by atoms with Gasteiger partial charge in [0.15, 0.2) is 0 Å². The maximum atomic E-state index is 12.6. The Hall–Kier alpha value is -2.53. The Labute approximate surface area is 151 Å². The quantitative estimate of drug-likeness (QED) is 0.839. The van der Waals surface area contributed by atoms with Crippen LogP contribution in [0.25, 0.3) is 0 Å². The third kappa shape index (κ3) is 4.12. The molecule has 0 bridgehead atoms. The molecule has 2 aromatic rings. The number of rotatable bonds is 5. The Kier molecular flexibility index (Phi) is 4.95. The van der Waals surface area contributed by atoms with Crippen molar-refractivity contribution in [1.82, 2.24) is 0 Å². The number of amides is 2. The normalized spacial score (nSPS) is 13.2. The monoisotopic (exact) mass is 358 g/mol. The minimum absolute atomic E-state index is 0.00699. The van der Waals surface area contributed by atoms with Crippen molar-refractivity contribution in [3.8, 4) is 5.75 Å². The van der Waals surface area contributed by atoms with Crippen LogP contribution in [-0.4, -0.2) is 18.9 Å². The molecule has 25 heavy (non-hydrogen) atoms. The lowest BCUT2D eigenvalue weighted by Gasteiger charge is -2.13. The molecule has 0 radical (unpaired) electrons. The molecule has 2 aromatic carbocycles. The molecule has 0 aliphatic heterocycles. The van der Waals surface area contributed by atoms with Crippen LogP contribution in [0.4, 0.5) is 11.4 Å². The van der Waals surface area contributed by atoms with Gasteiger partial charge in [-0.05, 0) is 49.6 Å². The van der Waals surface area contributed by atoms with E-state index in [1.165, 1.54) is 7.11 Å². The third-order valence-corrected chi connectivity index (χ3v) is 4.48. The molecule has 6 heteroatoms. The molecule has 1 fully saturated rings. The van der Waals surface area contributed by atoms with Gasteiger partial charge in [0.25, 0.3) is 5.91 Å². The number of methoxy groups -OCH3 is 1. The van der Waals surface area contributed by atoms with Crippen LogP contribution >= 0.6 is 11.6 Å². The lowest BCUT2D eigenvalue weighted by Crippen LogP contribution is -2.15. The van der Waals surface area contributed by atoms with E-state index in [2.05, 4.69) is 10.6 Å². The molecule has 2 N–H and O–H groups in total. The van der Waals surface area contributed by atoms with Crippen molar-refractivity contribution >= 4 is 34.8 Å². The summed E-state index contributed by atoms with van der Waals surface area (Å²) in [4.78, 5) is 24.4. The van der Waals surface area contributed by atoms with Crippen LogP contribution in [0.15, 0.2) is 36.4 Å². The molecule has 3 rings (SSSR count). The smallest absolute Gasteiger partial charge is 0.255 e. The average Bonchev–Trinajstić information content (AvgIpc) is 3.43. The van der Waals surface area contributed by atoms with Gasteiger partial charge >= 0.3 is 0 Å². The fourth-order valence-electron chi connectivity index (χ4n) is 2.45. The fourth-order valence-corrected chi connectivity index (χ4v) is 2.61. The van der Waals surface area contributed by atoms with Crippen LogP contribution in [0.1, 0.15) is 28.8 Å². The maximum Gasteiger partial charge on any atom is 0.255 e. The molecule has 1 aliphatic carbocycles. The Bertz CT molecular complexity index is 831. The number of carbonyl (C=O) groups excluding carboxylic acids is 2. The summed E-state index contributed by atoms with van der Waals surface area (Å²) in [6.07, 6.45) is 1.86. The zero-order valence-electron chi connectivity index (χ0n) is 14.1. The highest BCUT2D eigenvalue weighted by molar-refractivity contribution is 6.31. The van der Waals surface area contributed by atoms with E-state index in [0.29, 0.717) is 27.7 Å². The highest BCUT2D eigenvalue weighted by atomic mass is 35.5. The SMILES string of the molecule is COc1cc(Cl)c(C)cc1NC(=O)c1cccc(NC(=O)C2CC2)c1. The number of nitrogens with one attached hydrogen (secondary N) is 2. The van der Waals surface area contributed by atoms with E-state index < -0.39 is 0 Å². The Morgan fingerprint density at radius 1 is 1.16 bits per heavy atom. The second-order valence-electron chi connectivity index (χ2n) is 6.10. The summed E-state index contributed by atoms with van der Waals surface area (Å²) in [5.74, 6) is 0.316. The molecule has 1 saturated carbocycles. The van der Waals surface area contributed by atoms with Gasteiger partial charge in [0.2, 0.25) is 5.91 Å². The summed E-state index contributed by atoms with van der Waals surface area (Å²) in [6, 6.07) is 10.3. The summed E-state index contributed by atoms with van der Waals surface area (Å²) >= 11 is 6.09. The molecule has 1 aliphatic rings. The van der Waals surface area contributed by atoms with Crippen LogP contribution in [0.5, 0.6) is 5.75 Å². The summed E-state index contributed by atoms with van der Waals surface area (Å²) < 4.78 is 5.27. The van der Waals surface area contributed by atoms with Crippen molar-refractivity contribution in [3.05, 3.63) is 52.5 Å². The molecule has 2 amide bonds. The van der Waals surface area contributed by atoms with Gasteiger partial charge in [-0.2, -0.15) is 0 Å². The highest BCUT2D eigenvalue weighted by Gasteiger charge is 2.29. The summed E-state index contributed by atoms with van der Waals surface area (Å²) in [6.45, 7) is 1.85. The zero-order valence-corrected chi connectivity index (χ0v) is 14.8. The first-order valence-electron chi connectivity index (χ1n) is 8.04. The van der Waals surface area contributed by atoms with Gasteiger partial charge in [-0.1, -0.05) is 17.7 Å². The predicted octanol–water partition coefficient (Wildman–Crippen LogP) is 4.26. The topological polar surface area (TPSA) is 67.4 Å². The van der Waals surface area contributed by atoms with E-state index in [-0.39, 0.29) is 17.7 Å². The van der Waals surface area contributed by atoms with Crippen LogP contribution in [0, 0.1) is 12.8 Å². The molecule has 0 unspecified atom stereocenters. The van der Waals surface area contributed by atoms with Crippen molar-refractivity contribution in [3.63, 3.8) is 0 Å². The minimum atomic E-state index is -0.289. The van der Waals surface area contributed by atoms with E-state index in [0.717, 1.165) is 18.4 Å². The molecule has 0 atom stereocenters. The Morgan fingerprint density at radius 2 is 1.92 bits per heavy atom. The third-order valence-electron chi connectivity index (χ3n) is 4.07. The molecular formula is C19H19ClN2O3. The number of carbonyl (C=O) groups is 2. The molecule has 0 heterocycles. The van der Waals surface area contributed by atoms with Gasteiger partial charge in [-0.3, -0.25) is 9.59 Å². The van der Waals surface area contributed by atoms with Crippen molar-refractivity contribution in [2.24, 2.45) is 5.92 Å². The van der Waals surface area contributed by atoms with E-state index in [9.17, 15) is 9.59 Å². The highest BCUT2D eigenvalue weighted by Crippen LogP contribution is 2.32. The van der Waals surface area contributed by atoms with Gasteiger partial charge in [-0.25, -0.2) is 0 Å². The lowest BCUT2D eigenvalue weighted by molar-refractivity contribution is -0.117. The van der Waals surface area contributed by atoms with Gasteiger partial charge in [0.1, 0.15) is 5.75 Å². The second-order valence-corrected chi connectivity index (χ2v) is 6.51. The second kappa shape index (κ2) is 7.15. The number of aryl methyl sites for hydroxylation is 1. The number of benzene rings is 2. The van der Waals surface area contributed by atoms with Crippen LogP contribution in [0.3, 0.4) is 0 Å². The van der Waals surface area contributed by atoms with Gasteiger partial charge < -0.3 is 15.4 Å². The number of ether oxygens (including phenoxy) is 1.